The highest BCUT2D eigenvalue weighted by Gasteiger charge is 2.37. The molecule has 5 heteroatoms. The van der Waals surface area contributed by atoms with Gasteiger partial charge >= 0.3 is 0 Å². The van der Waals surface area contributed by atoms with E-state index in [-0.39, 0.29) is 18.3 Å². The predicted molar refractivity (Wildman–Crippen MR) is 74.5 cm³/mol. The fourth-order valence-electron chi connectivity index (χ4n) is 2.03. The van der Waals surface area contributed by atoms with E-state index in [0.717, 1.165) is 11.5 Å². The van der Waals surface area contributed by atoms with Crippen molar-refractivity contribution >= 4 is 17.7 Å². The largest absolute Gasteiger partial charge is 0.380 e. The molecule has 0 radical (unpaired) electrons. The Morgan fingerprint density at radius 2 is 2.16 bits per heavy atom. The van der Waals surface area contributed by atoms with Crippen LogP contribution >= 0.6 is 11.8 Å². The molecule has 1 amide bonds. The second-order valence-electron chi connectivity index (χ2n) is 4.91. The zero-order chi connectivity index (χ0) is 13.9. The number of nitrogens with one attached hydrogen (secondary N) is 1. The third-order valence-electron chi connectivity index (χ3n) is 3.43. The fourth-order valence-corrected chi connectivity index (χ4v) is 3.20. The minimum absolute atomic E-state index is 0.242. The van der Waals surface area contributed by atoms with Crippen LogP contribution < -0.4 is 5.32 Å². The van der Waals surface area contributed by atoms with Gasteiger partial charge in [0.1, 0.15) is 11.4 Å². The first-order valence-electron chi connectivity index (χ1n) is 6.35. The van der Waals surface area contributed by atoms with E-state index in [1.54, 1.807) is 30.8 Å². The summed E-state index contributed by atoms with van der Waals surface area (Å²) in [5, 5.41) is 12.9. The molecule has 2 N–H and O–H groups in total. The van der Waals surface area contributed by atoms with Gasteiger partial charge in [-0.3, -0.25) is 4.79 Å². The lowest BCUT2D eigenvalue weighted by atomic mass is 9.95. The van der Waals surface area contributed by atoms with E-state index >= 15 is 0 Å². The SMILES string of the molecule is Cc1ccc(CNC(=O)C2(O)CCSCC2)cc1F. The number of hydrogen-bond donors (Lipinski definition) is 2. The van der Waals surface area contributed by atoms with Crippen molar-refractivity contribution in [2.45, 2.75) is 31.9 Å². The molecule has 0 aliphatic carbocycles. The maximum Gasteiger partial charge on any atom is 0.252 e. The first-order chi connectivity index (χ1) is 9.01. The lowest BCUT2D eigenvalue weighted by molar-refractivity contribution is -0.140. The van der Waals surface area contributed by atoms with Crippen molar-refractivity contribution in [1.29, 1.82) is 0 Å². The van der Waals surface area contributed by atoms with Gasteiger partial charge in [0, 0.05) is 6.54 Å². The van der Waals surface area contributed by atoms with E-state index in [2.05, 4.69) is 5.32 Å². The Bertz CT molecular complexity index is 473. The standard InChI is InChI=1S/C14H18FNO2S/c1-10-2-3-11(8-12(10)15)9-16-13(17)14(18)4-6-19-7-5-14/h2-3,8,18H,4-7,9H2,1H3,(H,16,17). The van der Waals surface area contributed by atoms with E-state index < -0.39 is 5.60 Å². The summed E-state index contributed by atoms with van der Waals surface area (Å²) in [5.41, 5.74) is 0.0253. The number of amides is 1. The average molecular weight is 283 g/mol. The second-order valence-corrected chi connectivity index (χ2v) is 6.13. The molecule has 1 heterocycles. The Hall–Kier alpha value is -1.07. The number of halogens is 1. The molecule has 0 saturated carbocycles. The number of aryl methyl sites for hydroxylation is 1. The third kappa shape index (κ3) is 3.48. The van der Waals surface area contributed by atoms with E-state index in [1.807, 2.05) is 0 Å². The normalized spacial score (nSPS) is 18.1. The molecular formula is C14H18FNO2S. The zero-order valence-corrected chi connectivity index (χ0v) is 11.7. The maximum atomic E-state index is 13.4. The fraction of sp³-hybridized carbons (Fsp3) is 0.500. The minimum Gasteiger partial charge on any atom is -0.380 e. The molecule has 0 aromatic heterocycles. The quantitative estimate of drug-likeness (QED) is 0.892. The van der Waals surface area contributed by atoms with Crippen LogP contribution in [0, 0.1) is 12.7 Å². The van der Waals surface area contributed by atoms with Crippen molar-refractivity contribution in [3.05, 3.63) is 35.1 Å². The van der Waals surface area contributed by atoms with Crippen molar-refractivity contribution in [2.24, 2.45) is 0 Å². The molecule has 2 rings (SSSR count). The summed E-state index contributed by atoms with van der Waals surface area (Å²) >= 11 is 1.74. The van der Waals surface area contributed by atoms with Gasteiger partial charge in [-0.25, -0.2) is 4.39 Å². The van der Waals surface area contributed by atoms with E-state index in [0.29, 0.717) is 24.0 Å². The van der Waals surface area contributed by atoms with Gasteiger partial charge in [-0.05, 0) is 48.5 Å². The number of rotatable bonds is 3. The van der Waals surface area contributed by atoms with Gasteiger partial charge in [-0.1, -0.05) is 12.1 Å². The van der Waals surface area contributed by atoms with E-state index in [9.17, 15) is 14.3 Å². The molecule has 1 aliphatic heterocycles. The second kappa shape index (κ2) is 5.92. The van der Waals surface area contributed by atoms with Gasteiger partial charge < -0.3 is 10.4 Å². The van der Waals surface area contributed by atoms with Gasteiger partial charge in [0.05, 0.1) is 0 Å². The van der Waals surface area contributed by atoms with Crippen LogP contribution in [0.15, 0.2) is 18.2 Å². The van der Waals surface area contributed by atoms with Crippen molar-refractivity contribution in [1.82, 2.24) is 5.32 Å². The molecule has 0 bridgehead atoms. The molecule has 0 spiro atoms. The molecule has 1 aromatic carbocycles. The van der Waals surface area contributed by atoms with Crippen LogP contribution in [0.3, 0.4) is 0 Å². The van der Waals surface area contributed by atoms with Gasteiger partial charge in [0.2, 0.25) is 0 Å². The van der Waals surface area contributed by atoms with Crippen LogP contribution in [0.4, 0.5) is 4.39 Å². The summed E-state index contributed by atoms with van der Waals surface area (Å²) in [7, 11) is 0. The summed E-state index contributed by atoms with van der Waals surface area (Å²) in [6, 6.07) is 4.87. The molecule has 19 heavy (non-hydrogen) atoms. The predicted octanol–water partition coefficient (Wildman–Crippen LogP) is 2.01. The molecule has 1 fully saturated rings. The average Bonchev–Trinajstić information content (AvgIpc) is 2.40. The van der Waals surface area contributed by atoms with Crippen molar-refractivity contribution < 1.29 is 14.3 Å². The van der Waals surface area contributed by atoms with Gasteiger partial charge in [0.25, 0.3) is 5.91 Å². The third-order valence-corrected chi connectivity index (χ3v) is 4.42. The highest BCUT2D eigenvalue weighted by molar-refractivity contribution is 7.99. The van der Waals surface area contributed by atoms with E-state index in [1.165, 1.54) is 6.07 Å². The van der Waals surface area contributed by atoms with Crippen LogP contribution in [-0.4, -0.2) is 28.1 Å². The van der Waals surface area contributed by atoms with Crippen LogP contribution in [-0.2, 0) is 11.3 Å². The smallest absolute Gasteiger partial charge is 0.252 e. The van der Waals surface area contributed by atoms with E-state index in [4.69, 9.17) is 0 Å². The monoisotopic (exact) mass is 283 g/mol. The number of carbonyl (C=O) groups excluding carboxylic acids is 1. The van der Waals surface area contributed by atoms with Crippen LogP contribution in [0.5, 0.6) is 0 Å². The van der Waals surface area contributed by atoms with Crippen LogP contribution in [0.2, 0.25) is 0 Å². The topological polar surface area (TPSA) is 49.3 Å². The Morgan fingerprint density at radius 1 is 1.47 bits per heavy atom. The van der Waals surface area contributed by atoms with Gasteiger partial charge in [0.15, 0.2) is 0 Å². The molecule has 1 saturated heterocycles. The van der Waals surface area contributed by atoms with Crippen LogP contribution in [0.25, 0.3) is 0 Å². The Labute approximate surface area is 116 Å². The number of thioether (sulfide) groups is 1. The number of benzene rings is 1. The Balaban J connectivity index is 1.94. The maximum absolute atomic E-state index is 13.4. The molecule has 3 nitrogen and oxygen atoms in total. The highest BCUT2D eigenvalue weighted by Crippen LogP contribution is 2.27. The zero-order valence-electron chi connectivity index (χ0n) is 10.9. The summed E-state index contributed by atoms with van der Waals surface area (Å²) in [6.45, 7) is 1.94. The molecule has 1 aliphatic rings. The Morgan fingerprint density at radius 3 is 2.79 bits per heavy atom. The molecule has 1 aromatic rings. The lowest BCUT2D eigenvalue weighted by Crippen LogP contribution is -2.48. The number of aliphatic hydroxyl groups is 1. The van der Waals surface area contributed by atoms with Crippen LogP contribution in [0.1, 0.15) is 24.0 Å². The van der Waals surface area contributed by atoms with Crippen molar-refractivity contribution in [3.8, 4) is 0 Å². The Kier molecular flexibility index (Phi) is 4.47. The number of carbonyl (C=O) groups is 1. The molecule has 0 unspecified atom stereocenters. The first kappa shape index (κ1) is 14.3. The van der Waals surface area contributed by atoms with Crippen molar-refractivity contribution in [3.63, 3.8) is 0 Å². The minimum atomic E-state index is -1.26. The lowest BCUT2D eigenvalue weighted by Gasteiger charge is -2.30. The summed E-state index contributed by atoms with van der Waals surface area (Å²) in [6.07, 6.45) is 0.956. The summed E-state index contributed by atoms with van der Waals surface area (Å²) < 4.78 is 13.4. The molecule has 0 atom stereocenters. The van der Waals surface area contributed by atoms with Gasteiger partial charge in [-0.2, -0.15) is 11.8 Å². The summed E-state index contributed by atoms with van der Waals surface area (Å²) in [5.74, 6) is 0.958. The van der Waals surface area contributed by atoms with Gasteiger partial charge in [-0.15, -0.1) is 0 Å². The summed E-state index contributed by atoms with van der Waals surface area (Å²) in [4.78, 5) is 12.0. The van der Waals surface area contributed by atoms with Crippen molar-refractivity contribution in [2.75, 3.05) is 11.5 Å². The molecule has 104 valence electrons. The first-order valence-corrected chi connectivity index (χ1v) is 7.50. The highest BCUT2D eigenvalue weighted by atomic mass is 32.2. The molecular weight excluding hydrogens is 265 g/mol. The number of hydrogen-bond acceptors (Lipinski definition) is 3.